The molecule has 0 atom stereocenters. The third kappa shape index (κ3) is 2.29. The van der Waals surface area contributed by atoms with Gasteiger partial charge in [0.15, 0.2) is 5.76 Å². The van der Waals surface area contributed by atoms with Gasteiger partial charge >= 0.3 is 6.18 Å². The molecule has 1 heterocycles. The zero-order valence-electron chi connectivity index (χ0n) is 8.46. The normalized spacial score (nSPS) is 11.8. The van der Waals surface area contributed by atoms with Crippen LogP contribution in [0.2, 0.25) is 0 Å². The van der Waals surface area contributed by atoms with E-state index in [1.54, 1.807) is 0 Å². The third-order valence-electron chi connectivity index (χ3n) is 2.27. The van der Waals surface area contributed by atoms with Crippen molar-refractivity contribution in [1.29, 1.82) is 0 Å². The Balaban J connectivity index is 2.60. The van der Waals surface area contributed by atoms with Gasteiger partial charge in [-0.3, -0.25) is 0 Å². The number of alkyl halides is 4. The molecule has 2 nitrogen and oxygen atoms in total. The second kappa shape index (κ2) is 4.41. The predicted octanol–water partition coefficient (Wildman–Crippen LogP) is 4.10. The molecule has 1 aromatic heterocycles. The van der Waals surface area contributed by atoms with Gasteiger partial charge in [0.05, 0.1) is 17.6 Å². The Kier molecular flexibility index (Phi) is 3.11. The topological polar surface area (TPSA) is 26.0 Å². The molecule has 0 aliphatic heterocycles. The Bertz CT molecular complexity index is 521. The van der Waals surface area contributed by atoms with Gasteiger partial charge in [-0.25, -0.2) is 0 Å². The third-order valence-corrected chi connectivity index (χ3v) is 2.55. The van der Waals surface area contributed by atoms with Crippen molar-refractivity contribution in [3.05, 3.63) is 41.6 Å². The van der Waals surface area contributed by atoms with Crippen LogP contribution in [0, 0.1) is 0 Å². The van der Waals surface area contributed by atoms with E-state index in [-0.39, 0.29) is 17.2 Å². The summed E-state index contributed by atoms with van der Waals surface area (Å²) in [6.45, 7) is 0. The smallest absolute Gasteiger partial charge is 0.356 e. The van der Waals surface area contributed by atoms with Crippen molar-refractivity contribution in [2.24, 2.45) is 0 Å². The SMILES string of the molecule is FC(F)(F)c1ccccc1-c1oncc1CCl. The number of nitrogens with zero attached hydrogens (tertiary/aromatic N) is 1. The first-order valence-corrected chi connectivity index (χ1v) is 5.23. The average molecular weight is 262 g/mol. The molecule has 0 saturated heterocycles. The minimum atomic E-state index is -4.44. The average Bonchev–Trinajstić information content (AvgIpc) is 2.75. The van der Waals surface area contributed by atoms with Crippen LogP contribution in [-0.2, 0) is 12.1 Å². The van der Waals surface area contributed by atoms with Crippen molar-refractivity contribution in [3.63, 3.8) is 0 Å². The first kappa shape index (κ1) is 12.0. The van der Waals surface area contributed by atoms with Crippen LogP contribution in [0.5, 0.6) is 0 Å². The number of aromatic nitrogens is 1. The van der Waals surface area contributed by atoms with Gasteiger partial charge in [-0.1, -0.05) is 23.4 Å². The molecule has 6 heteroatoms. The molecule has 90 valence electrons. The highest BCUT2D eigenvalue weighted by molar-refractivity contribution is 6.17. The van der Waals surface area contributed by atoms with E-state index in [1.807, 2.05) is 0 Å². The van der Waals surface area contributed by atoms with Gasteiger partial charge in [0.1, 0.15) is 0 Å². The summed E-state index contributed by atoms with van der Waals surface area (Å²) in [6.07, 6.45) is -3.12. The first-order valence-electron chi connectivity index (χ1n) is 4.70. The largest absolute Gasteiger partial charge is 0.417 e. The van der Waals surface area contributed by atoms with E-state index in [9.17, 15) is 13.2 Å². The highest BCUT2D eigenvalue weighted by Gasteiger charge is 2.34. The second-order valence-electron chi connectivity index (χ2n) is 3.36. The summed E-state index contributed by atoms with van der Waals surface area (Å²) in [6, 6.07) is 5.16. The van der Waals surface area contributed by atoms with Gasteiger partial charge in [-0.15, -0.1) is 11.6 Å². The lowest BCUT2D eigenvalue weighted by atomic mass is 10.0. The fourth-order valence-electron chi connectivity index (χ4n) is 1.51. The van der Waals surface area contributed by atoms with Crippen LogP contribution in [0.15, 0.2) is 35.0 Å². The highest BCUT2D eigenvalue weighted by atomic mass is 35.5. The number of benzene rings is 1. The van der Waals surface area contributed by atoms with Crippen LogP contribution in [-0.4, -0.2) is 5.16 Å². The standard InChI is InChI=1S/C11H7ClF3NO/c12-5-7-6-16-17-10(7)8-3-1-2-4-9(8)11(13,14)15/h1-4,6H,5H2. The Hall–Kier alpha value is -1.49. The molecule has 2 aromatic rings. The fourth-order valence-corrected chi connectivity index (χ4v) is 1.70. The van der Waals surface area contributed by atoms with Crippen molar-refractivity contribution < 1.29 is 17.7 Å². The van der Waals surface area contributed by atoms with Gasteiger partial charge in [-0.05, 0) is 6.07 Å². The Labute approximate surface area is 100.0 Å². The monoisotopic (exact) mass is 261 g/mol. The van der Waals surface area contributed by atoms with Gasteiger partial charge in [-0.2, -0.15) is 13.2 Å². The fraction of sp³-hybridized carbons (Fsp3) is 0.182. The minimum Gasteiger partial charge on any atom is -0.356 e. The summed E-state index contributed by atoms with van der Waals surface area (Å²) < 4.78 is 43.2. The van der Waals surface area contributed by atoms with E-state index >= 15 is 0 Å². The second-order valence-corrected chi connectivity index (χ2v) is 3.62. The molecule has 0 fully saturated rings. The molecule has 0 saturated carbocycles. The summed E-state index contributed by atoms with van der Waals surface area (Å²) in [7, 11) is 0. The molecule has 0 aliphatic carbocycles. The number of hydrogen-bond acceptors (Lipinski definition) is 2. The van der Waals surface area contributed by atoms with Crippen molar-refractivity contribution in [1.82, 2.24) is 5.16 Å². The Morgan fingerprint density at radius 3 is 2.59 bits per heavy atom. The van der Waals surface area contributed by atoms with E-state index in [0.717, 1.165) is 6.07 Å². The van der Waals surface area contributed by atoms with Crippen LogP contribution in [0.3, 0.4) is 0 Å². The van der Waals surface area contributed by atoms with Gasteiger partial charge in [0.2, 0.25) is 0 Å². The molecular formula is C11H7ClF3NO. The minimum absolute atomic E-state index is 0.0467. The zero-order valence-corrected chi connectivity index (χ0v) is 9.22. The van der Waals surface area contributed by atoms with Crippen molar-refractivity contribution in [2.45, 2.75) is 12.1 Å². The van der Waals surface area contributed by atoms with Crippen molar-refractivity contribution >= 4 is 11.6 Å². The summed E-state index contributed by atoms with van der Waals surface area (Å²) in [5, 5.41) is 3.47. The molecule has 0 bridgehead atoms. The number of hydrogen-bond donors (Lipinski definition) is 0. The van der Waals surface area contributed by atoms with Gasteiger partial charge < -0.3 is 4.52 Å². The van der Waals surface area contributed by atoms with E-state index in [0.29, 0.717) is 5.56 Å². The molecular weight excluding hydrogens is 255 g/mol. The Morgan fingerprint density at radius 1 is 1.24 bits per heavy atom. The van der Waals surface area contributed by atoms with E-state index in [2.05, 4.69) is 5.16 Å². The quantitative estimate of drug-likeness (QED) is 0.761. The number of rotatable bonds is 2. The lowest BCUT2D eigenvalue weighted by Gasteiger charge is -2.10. The van der Waals surface area contributed by atoms with E-state index < -0.39 is 11.7 Å². The van der Waals surface area contributed by atoms with Gasteiger partial charge in [0.25, 0.3) is 0 Å². The summed E-state index contributed by atoms with van der Waals surface area (Å²) in [5.41, 5.74) is -0.375. The molecule has 0 N–H and O–H groups in total. The van der Waals surface area contributed by atoms with E-state index in [4.69, 9.17) is 16.1 Å². The highest BCUT2D eigenvalue weighted by Crippen LogP contribution is 2.38. The molecule has 0 radical (unpaired) electrons. The zero-order chi connectivity index (χ0) is 12.5. The molecule has 0 spiro atoms. The van der Waals surface area contributed by atoms with Crippen LogP contribution in [0.25, 0.3) is 11.3 Å². The maximum absolute atomic E-state index is 12.8. The summed E-state index contributed by atoms with van der Waals surface area (Å²) in [4.78, 5) is 0. The van der Waals surface area contributed by atoms with Crippen LogP contribution in [0.1, 0.15) is 11.1 Å². The lowest BCUT2D eigenvalue weighted by molar-refractivity contribution is -0.137. The summed E-state index contributed by atoms with van der Waals surface area (Å²) >= 11 is 5.61. The maximum Gasteiger partial charge on any atom is 0.417 e. The predicted molar refractivity (Wildman–Crippen MR) is 56.5 cm³/mol. The molecule has 2 rings (SSSR count). The van der Waals surface area contributed by atoms with Gasteiger partial charge in [0, 0.05) is 11.1 Å². The van der Waals surface area contributed by atoms with Crippen LogP contribution < -0.4 is 0 Å². The van der Waals surface area contributed by atoms with Crippen LogP contribution in [0.4, 0.5) is 13.2 Å². The van der Waals surface area contributed by atoms with Crippen molar-refractivity contribution in [3.8, 4) is 11.3 Å². The summed E-state index contributed by atoms with van der Waals surface area (Å²) in [5.74, 6) is 0.110. The molecule has 0 aliphatic rings. The maximum atomic E-state index is 12.8. The van der Waals surface area contributed by atoms with Crippen LogP contribution >= 0.6 is 11.6 Å². The molecule has 17 heavy (non-hydrogen) atoms. The van der Waals surface area contributed by atoms with Crippen molar-refractivity contribution in [2.75, 3.05) is 0 Å². The number of halogens is 4. The first-order chi connectivity index (χ1) is 8.04. The Morgan fingerprint density at radius 2 is 1.94 bits per heavy atom. The van der Waals surface area contributed by atoms with E-state index in [1.165, 1.54) is 24.4 Å². The molecule has 1 aromatic carbocycles. The lowest BCUT2D eigenvalue weighted by Crippen LogP contribution is -2.06. The molecule has 0 unspecified atom stereocenters. The molecule has 0 amide bonds.